The number of rotatable bonds is 2. The normalized spacial score (nSPS) is 20.0. The van der Waals surface area contributed by atoms with Gasteiger partial charge in [0, 0.05) is 18.7 Å². The second-order valence-electron chi connectivity index (χ2n) is 5.75. The minimum atomic E-state index is 0.107. The van der Waals surface area contributed by atoms with E-state index in [1.165, 1.54) is 42.9 Å². The van der Waals surface area contributed by atoms with Crippen molar-refractivity contribution in [1.82, 2.24) is 14.8 Å². The van der Waals surface area contributed by atoms with Crippen molar-refractivity contribution in [3.63, 3.8) is 0 Å². The summed E-state index contributed by atoms with van der Waals surface area (Å²) in [5.41, 5.74) is 8.05. The second-order valence-corrected chi connectivity index (χ2v) is 5.75. The summed E-state index contributed by atoms with van der Waals surface area (Å²) >= 11 is 0. The number of fused-ring (bicyclic) bond motifs is 1. The number of hydrogen-bond acceptors (Lipinski definition) is 3. The summed E-state index contributed by atoms with van der Waals surface area (Å²) in [7, 11) is 0. The zero-order chi connectivity index (χ0) is 12.9. The van der Waals surface area contributed by atoms with Crippen LogP contribution in [0.25, 0.3) is 0 Å². The molecule has 19 heavy (non-hydrogen) atoms. The third-order valence-electron chi connectivity index (χ3n) is 4.50. The van der Waals surface area contributed by atoms with Crippen LogP contribution in [0.2, 0.25) is 0 Å². The minimum Gasteiger partial charge on any atom is -0.399 e. The number of anilines is 1. The fourth-order valence-electron chi connectivity index (χ4n) is 3.23. The van der Waals surface area contributed by atoms with Crippen molar-refractivity contribution in [1.29, 1.82) is 0 Å². The Balaban J connectivity index is 1.79. The molecule has 0 radical (unpaired) electrons. The van der Waals surface area contributed by atoms with Gasteiger partial charge in [0.2, 0.25) is 0 Å². The van der Waals surface area contributed by atoms with Crippen molar-refractivity contribution >= 4 is 5.69 Å². The average molecular weight is 254 g/mol. The zero-order valence-corrected chi connectivity index (χ0v) is 11.0. The first-order valence-corrected chi connectivity index (χ1v) is 7.08. The van der Waals surface area contributed by atoms with Crippen LogP contribution in [0, 0.1) is 0 Å². The summed E-state index contributed by atoms with van der Waals surface area (Å²) in [5.74, 6) is 2.34. The Bertz CT molecular complexity index is 608. The molecule has 0 amide bonds. The lowest BCUT2D eigenvalue weighted by Gasteiger charge is -2.20. The third-order valence-corrected chi connectivity index (χ3v) is 4.50. The molecule has 2 aliphatic rings. The van der Waals surface area contributed by atoms with Crippen LogP contribution in [0.1, 0.15) is 42.9 Å². The molecule has 1 aliphatic heterocycles. The van der Waals surface area contributed by atoms with Gasteiger partial charge in [0.1, 0.15) is 11.6 Å². The van der Waals surface area contributed by atoms with Crippen molar-refractivity contribution in [2.45, 2.75) is 44.1 Å². The lowest BCUT2D eigenvalue weighted by Crippen LogP contribution is -2.20. The Hall–Kier alpha value is -1.84. The average Bonchev–Trinajstić information content (AvgIpc) is 3.13. The Kier molecular flexibility index (Phi) is 2.22. The van der Waals surface area contributed by atoms with Gasteiger partial charge in [0.05, 0.1) is 5.41 Å². The van der Waals surface area contributed by atoms with Crippen LogP contribution in [-0.4, -0.2) is 14.8 Å². The number of benzene rings is 1. The molecule has 0 bridgehead atoms. The number of aryl methyl sites for hydroxylation is 1. The van der Waals surface area contributed by atoms with E-state index >= 15 is 0 Å². The van der Waals surface area contributed by atoms with E-state index in [1.807, 2.05) is 12.1 Å². The maximum Gasteiger partial charge on any atom is 0.143 e. The number of aromatic nitrogens is 3. The van der Waals surface area contributed by atoms with Crippen LogP contribution >= 0.6 is 0 Å². The molecule has 4 rings (SSSR count). The minimum absolute atomic E-state index is 0.107. The molecular formula is C15H18N4. The molecule has 2 N–H and O–H groups in total. The molecule has 1 aromatic carbocycles. The van der Waals surface area contributed by atoms with Gasteiger partial charge in [-0.3, -0.25) is 0 Å². The van der Waals surface area contributed by atoms with Crippen LogP contribution in [0.3, 0.4) is 0 Å². The highest BCUT2D eigenvalue weighted by molar-refractivity contribution is 5.46. The van der Waals surface area contributed by atoms with Gasteiger partial charge >= 0.3 is 0 Å². The predicted molar refractivity (Wildman–Crippen MR) is 73.8 cm³/mol. The maximum absolute atomic E-state index is 5.79. The summed E-state index contributed by atoms with van der Waals surface area (Å²) in [5, 5.41) is 8.91. The number of hydrogen-bond donors (Lipinski definition) is 1. The van der Waals surface area contributed by atoms with Gasteiger partial charge in [0.15, 0.2) is 0 Å². The van der Waals surface area contributed by atoms with E-state index in [-0.39, 0.29) is 5.41 Å². The standard InChI is InChI=1S/C15H18N4/c16-12-6-4-11(5-7-12)15(8-9-15)14-18-17-13-3-1-2-10-19(13)14/h4-7H,1-3,8-10,16H2. The van der Waals surface area contributed by atoms with Crippen molar-refractivity contribution in [2.75, 3.05) is 5.73 Å². The zero-order valence-electron chi connectivity index (χ0n) is 11.0. The lowest BCUT2D eigenvalue weighted by atomic mass is 9.94. The van der Waals surface area contributed by atoms with E-state index in [2.05, 4.69) is 26.9 Å². The van der Waals surface area contributed by atoms with E-state index in [4.69, 9.17) is 5.73 Å². The van der Waals surface area contributed by atoms with Crippen LogP contribution in [-0.2, 0) is 18.4 Å². The summed E-state index contributed by atoms with van der Waals surface area (Å²) in [6, 6.07) is 8.27. The van der Waals surface area contributed by atoms with Crippen LogP contribution in [0.4, 0.5) is 5.69 Å². The van der Waals surface area contributed by atoms with Crippen molar-refractivity contribution in [3.05, 3.63) is 41.5 Å². The molecule has 2 heterocycles. The summed E-state index contributed by atoms with van der Waals surface area (Å²) in [4.78, 5) is 0. The van der Waals surface area contributed by atoms with Gasteiger partial charge in [-0.15, -0.1) is 10.2 Å². The lowest BCUT2D eigenvalue weighted by molar-refractivity contribution is 0.496. The van der Waals surface area contributed by atoms with E-state index in [1.54, 1.807) is 0 Å². The first-order valence-electron chi connectivity index (χ1n) is 7.08. The van der Waals surface area contributed by atoms with Gasteiger partial charge < -0.3 is 10.3 Å². The Labute approximate surface area is 112 Å². The molecule has 4 heteroatoms. The van der Waals surface area contributed by atoms with Gasteiger partial charge in [-0.05, 0) is 43.4 Å². The summed E-state index contributed by atoms with van der Waals surface area (Å²) in [6.45, 7) is 1.08. The fraction of sp³-hybridized carbons (Fsp3) is 0.467. The molecule has 1 aromatic heterocycles. The molecular weight excluding hydrogens is 236 g/mol. The summed E-state index contributed by atoms with van der Waals surface area (Å²) in [6.07, 6.45) is 5.91. The third kappa shape index (κ3) is 1.59. The van der Waals surface area contributed by atoms with E-state index < -0.39 is 0 Å². The molecule has 4 nitrogen and oxygen atoms in total. The second kappa shape index (κ2) is 3.83. The molecule has 0 spiro atoms. The highest BCUT2D eigenvalue weighted by Crippen LogP contribution is 2.53. The molecule has 98 valence electrons. The smallest absolute Gasteiger partial charge is 0.143 e. The molecule has 1 fully saturated rings. The Morgan fingerprint density at radius 3 is 2.58 bits per heavy atom. The maximum atomic E-state index is 5.79. The Morgan fingerprint density at radius 2 is 1.84 bits per heavy atom. The quantitative estimate of drug-likeness (QED) is 0.836. The van der Waals surface area contributed by atoms with E-state index in [0.717, 1.165) is 18.7 Å². The molecule has 1 saturated carbocycles. The van der Waals surface area contributed by atoms with Crippen molar-refractivity contribution < 1.29 is 0 Å². The highest BCUT2D eigenvalue weighted by atomic mass is 15.3. The SMILES string of the molecule is Nc1ccc(C2(c3nnc4n3CCCC4)CC2)cc1. The van der Waals surface area contributed by atoms with Crippen molar-refractivity contribution in [3.8, 4) is 0 Å². The fourth-order valence-corrected chi connectivity index (χ4v) is 3.23. The molecule has 2 aromatic rings. The van der Waals surface area contributed by atoms with Gasteiger partial charge in [-0.2, -0.15) is 0 Å². The molecule has 0 saturated heterocycles. The van der Waals surface area contributed by atoms with Gasteiger partial charge in [0.25, 0.3) is 0 Å². The van der Waals surface area contributed by atoms with Crippen molar-refractivity contribution in [2.24, 2.45) is 0 Å². The van der Waals surface area contributed by atoms with E-state index in [9.17, 15) is 0 Å². The monoisotopic (exact) mass is 254 g/mol. The van der Waals surface area contributed by atoms with Crippen LogP contribution < -0.4 is 5.73 Å². The molecule has 0 atom stereocenters. The predicted octanol–water partition coefficient (Wildman–Crippen LogP) is 2.28. The first kappa shape index (κ1) is 11.0. The highest BCUT2D eigenvalue weighted by Gasteiger charge is 2.50. The topological polar surface area (TPSA) is 56.7 Å². The number of nitrogen functional groups attached to an aromatic ring is 1. The largest absolute Gasteiger partial charge is 0.399 e. The summed E-state index contributed by atoms with van der Waals surface area (Å²) < 4.78 is 2.35. The van der Waals surface area contributed by atoms with Crippen LogP contribution in [0.5, 0.6) is 0 Å². The number of nitrogens with two attached hydrogens (primary N) is 1. The van der Waals surface area contributed by atoms with Gasteiger partial charge in [-0.25, -0.2) is 0 Å². The van der Waals surface area contributed by atoms with Crippen LogP contribution in [0.15, 0.2) is 24.3 Å². The van der Waals surface area contributed by atoms with Gasteiger partial charge in [-0.1, -0.05) is 12.1 Å². The number of nitrogens with zero attached hydrogens (tertiary/aromatic N) is 3. The Morgan fingerprint density at radius 1 is 1.05 bits per heavy atom. The molecule has 0 unspecified atom stereocenters. The molecule has 1 aliphatic carbocycles. The van der Waals surface area contributed by atoms with E-state index in [0.29, 0.717) is 0 Å². The first-order chi connectivity index (χ1) is 9.29.